The number of sulfone groups is 2. The molecule has 4 heterocycles. The van der Waals surface area contributed by atoms with E-state index in [2.05, 4.69) is 15.4 Å². The van der Waals surface area contributed by atoms with Crippen molar-refractivity contribution >= 4 is 170 Å². The number of primary sulfonamides is 1. The lowest BCUT2D eigenvalue weighted by Gasteiger charge is -2.27. The number of hydrogen-bond acceptors (Lipinski definition) is 46. The summed E-state index contributed by atoms with van der Waals surface area (Å²) in [4.78, 5) is 219. The molecule has 0 saturated carbocycles. The molecule has 129 heavy (non-hydrogen) atoms. The Morgan fingerprint density at radius 1 is 0.357 bits per heavy atom. The molecule has 2 aromatic rings. The van der Waals surface area contributed by atoms with Gasteiger partial charge < -0.3 is 91.5 Å². The van der Waals surface area contributed by atoms with E-state index < -0.39 is 266 Å². The second-order valence-corrected chi connectivity index (χ2v) is 39.7. The molecule has 6 N–H and O–H groups in total. The Balaban J connectivity index is 0.000000747. The molecule has 4 rings (SSSR count). The normalized spacial score (nSPS) is 19.0. The van der Waals surface area contributed by atoms with Crippen molar-refractivity contribution in [3.63, 3.8) is 0 Å². The van der Waals surface area contributed by atoms with Gasteiger partial charge in [-0.05, 0) is 176 Å². The number of rotatable bonds is 43. The molecule has 0 spiro atoms. The molecule has 2 aromatic heterocycles. The highest BCUT2D eigenvalue weighted by Crippen LogP contribution is 2.44. The van der Waals surface area contributed by atoms with Gasteiger partial charge in [-0.2, -0.15) is 0 Å². The summed E-state index contributed by atoms with van der Waals surface area (Å²) >= 11 is 1.22. The van der Waals surface area contributed by atoms with Crippen molar-refractivity contribution in [2.24, 2.45) is 5.14 Å². The van der Waals surface area contributed by atoms with Crippen LogP contribution >= 0.6 is 22.7 Å². The average Bonchev–Trinajstić information content (AvgIpc) is 1.60. The van der Waals surface area contributed by atoms with Crippen molar-refractivity contribution in [1.82, 2.24) is 15.4 Å². The molecule has 20 atom stereocenters. The fraction of sp³-hybridized carbons (Fsp3) is 0.658. The van der Waals surface area contributed by atoms with E-state index in [0.29, 0.717) is 49.3 Å². The number of carboxylic acid groups (broad SMARTS) is 1. The van der Waals surface area contributed by atoms with Gasteiger partial charge in [-0.1, -0.05) is 27.7 Å². The molecule has 728 valence electrons. The van der Waals surface area contributed by atoms with Crippen molar-refractivity contribution in [2.75, 3.05) is 13.1 Å². The largest absolute Gasteiger partial charge is 0.479 e. The van der Waals surface area contributed by atoms with E-state index in [0.717, 1.165) is 108 Å². The average molecular weight is 1960 g/mol. The first-order valence-electron chi connectivity index (χ1n) is 39.8. The van der Waals surface area contributed by atoms with Gasteiger partial charge in [-0.25, -0.2) is 115 Å². The fourth-order valence-electron chi connectivity index (χ4n) is 10.1. The number of ether oxygens (including phenoxy) is 16. The Bertz CT molecular complexity index is 4890. The maximum absolute atomic E-state index is 13.1. The zero-order valence-corrected chi connectivity index (χ0v) is 79.4. The van der Waals surface area contributed by atoms with Gasteiger partial charge >= 0.3 is 101 Å². The Morgan fingerprint density at radius 2 is 0.558 bits per heavy atom. The molecule has 1 amide bonds. The molecule has 2 aliphatic heterocycles. The standard InChI is InChI=1S/C38H54N2O21S3.C28H40O18.C10H16N2O4S3/c1-12-14-28(41)54-19(5)31(43)56-21(7)33(45)58-23(9)35(47)60-25(11)37(49)61-24(10)36(48)59-22(8)34(46)57-20(6)32(44)55-18(4)30(42)40-64(52,53)29-16-26-27(39-13-2)15-17(3)63(50,51)38(26)62-29;1-10-11-20(29)39-13(3)22(32)41-15(5)24(34)43-17(7)26(36)45-19(9)28(38)46-18(8)27(37)44-16(6)25(35)42-14(4)23(33)40-12(2)21(30)31;1-3-12-8-4-6(2)18(13,14)10-7(8)5-9(17-10)19(11,15)16/h16-25,27,39H,12-15H2,1-11H3,(H,40,42);12-19H,10-11H2,1-9H3,(H,30,31);5-6,8,12H,3-4H2,1-2H3,(H2,11,15,16)/t17-,18-,19-,20-,21-,22-,23-,24-,25-,27-;12-,13+,14-,15-,16-,17-,18-,19-;6-,8-/m010/s1. The number of carbonyl (C=O) groups is 18. The number of fused-ring (bicyclic) bond motifs is 2. The highest BCUT2D eigenvalue weighted by Gasteiger charge is 2.44. The number of esters is 16. The molecule has 0 radical (unpaired) electrons. The van der Waals surface area contributed by atoms with E-state index in [-0.39, 0.29) is 43.5 Å². The fourth-order valence-corrected chi connectivity index (χ4v) is 19.6. The summed E-state index contributed by atoms with van der Waals surface area (Å²) in [6.07, 6.45) is -23.5. The van der Waals surface area contributed by atoms with E-state index in [1.54, 1.807) is 32.4 Å². The molecule has 47 nitrogen and oxygen atoms in total. The quantitative estimate of drug-likeness (QED) is 0.0468. The van der Waals surface area contributed by atoms with E-state index in [1.807, 2.05) is 6.92 Å². The minimum Gasteiger partial charge on any atom is -0.479 e. The molecular weight excluding hydrogens is 1850 g/mol. The predicted octanol–water partition coefficient (Wildman–Crippen LogP) is 1.96. The van der Waals surface area contributed by atoms with Crippen LogP contribution in [0.15, 0.2) is 29.0 Å². The topological polar surface area (TPSA) is 674 Å². The summed E-state index contributed by atoms with van der Waals surface area (Å²) in [7, 11) is -15.8. The highest BCUT2D eigenvalue weighted by molar-refractivity contribution is 7.96. The third-order valence-electron chi connectivity index (χ3n) is 17.5. The number of nitrogens with one attached hydrogen (secondary N) is 3. The highest BCUT2D eigenvalue weighted by atomic mass is 32.3. The van der Waals surface area contributed by atoms with E-state index >= 15 is 0 Å². The van der Waals surface area contributed by atoms with Crippen LogP contribution in [0.25, 0.3) is 0 Å². The number of nitrogens with two attached hydrogens (primary N) is 1. The summed E-state index contributed by atoms with van der Waals surface area (Å²) in [6, 6.07) is 1.95. The van der Waals surface area contributed by atoms with E-state index in [4.69, 9.17) is 81.3 Å². The maximum Gasteiger partial charge on any atom is 0.347 e. The van der Waals surface area contributed by atoms with Crippen LogP contribution in [0.5, 0.6) is 0 Å². The molecule has 0 unspecified atom stereocenters. The molecule has 0 aromatic carbocycles. The van der Waals surface area contributed by atoms with Crippen molar-refractivity contribution in [2.45, 2.75) is 328 Å². The van der Waals surface area contributed by atoms with Crippen molar-refractivity contribution in [3.05, 3.63) is 23.3 Å². The minimum absolute atomic E-state index is 0.0622. The van der Waals surface area contributed by atoms with Crippen LogP contribution in [0.3, 0.4) is 0 Å². The number of carboxylic acids is 1. The maximum atomic E-state index is 13.1. The van der Waals surface area contributed by atoms with Crippen molar-refractivity contribution in [1.29, 1.82) is 0 Å². The second kappa shape index (κ2) is 51.2. The Kier molecular flexibility index (Phi) is 45.5. The number of hydrogen-bond donors (Lipinski definition) is 5. The monoisotopic (exact) mass is 1960 g/mol. The van der Waals surface area contributed by atoms with Crippen molar-refractivity contribution in [3.8, 4) is 0 Å². The van der Waals surface area contributed by atoms with Crippen LogP contribution in [0.2, 0.25) is 0 Å². The molecule has 53 heteroatoms. The zero-order chi connectivity index (χ0) is 99.3. The summed E-state index contributed by atoms with van der Waals surface area (Å²) in [5.41, 5.74) is 0.774. The summed E-state index contributed by atoms with van der Waals surface area (Å²) in [6.45, 7) is 29.1. The lowest BCUT2D eigenvalue weighted by atomic mass is 10.1. The Hall–Kier alpha value is -10.5. The molecule has 2 aliphatic rings. The van der Waals surface area contributed by atoms with Gasteiger partial charge in [0.25, 0.3) is 15.9 Å². The number of aliphatic carboxylic acids is 1. The van der Waals surface area contributed by atoms with Crippen LogP contribution in [0, 0.1) is 0 Å². The summed E-state index contributed by atoms with van der Waals surface area (Å²) in [5.74, 6) is -20.8. The van der Waals surface area contributed by atoms with Gasteiger partial charge in [0, 0.05) is 36.1 Å². The Labute approximate surface area is 751 Å². The Morgan fingerprint density at radius 3 is 0.767 bits per heavy atom. The molecule has 0 fully saturated rings. The lowest BCUT2D eigenvalue weighted by molar-refractivity contribution is -0.189. The van der Waals surface area contributed by atoms with Gasteiger partial charge in [0.1, 0.15) is 16.8 Å². The van der Waals surface area contributed by atoms with Crippen LogP contribution in [0.4, 0.5) is 0 Å². The van der Waals surface area contributed by atoms with Crippen LogP contribution in [-0.2, 0) is 202 Å². The summed E-state index contributed by atoms with van der Waals surface area (Å²) < 4.78 is 179. The zero-order valence-electron chi connectivity index (χ0n) is 74.5. The van der Waals surface area contributed by atoms with Gasteiger partial charge in [0.15, 0.2) is 117 Å². The number of amides is 1. The van der Waals surface area contributed by atoms with Crippen LogP contribution < -0.4 is 20.5 Å². The van der Waals surface area contributed by atoms with Gasteiger partial charge in [-0.3, -0.25) is 14.4 Å². The van der Waals surface area contributed by atoms with Gasteiger partial charge in [-0.15, -0.1) is 22.7 Å². The number of carbonyl (C=O) groups excluding carboxylic acids is 17. The molecular formula is C76H110N4O43S6. The molecule has 0 bridgehead atoms. The number of sulfonamides is 2. The summed E-state index contributed by atoms with van der Waals surface area (Å²) in [5, 5.41) is 18.8. The second-order valence-electron chi connectivity index (χ2n) is 28.7. The first-order valence-corrected chi connectivity index (χ1v) is 47.5. The lowest BCUT2D eigenvalue weighted by Crippen LogP contribution is -2.42. The smallest absolute Gasteiger partial charge is 0.347 e. The minimum atomic E-state index is -4.64. The van der Waals surface area contributed by atoms with E-state index in [9.17, 15) is 120 Å². The van der Waals surface area contributed by atoms with Gasteiger partial charge in [0.05, 0.1) is 10.5 Å². The third-order valence-corrected chi connectivity index (χ3v) is 28.6. The first kappa shape index (κ1) is 115. The third kappa shape index (κ3) is 35.4. The predicted molar refractivity (Wildman–Crippen MR) is 437 cm³/mol. The first-order chi connectivity index (χ1) is 59.4. The van der Waals surface area contributed by atoms with E-state index in [1.165, 1.54) is 32.9 Å². The van der Waals surface area contributed by atoms with Crippen LogP contribution in [0.1, 0.15) is 214 Å². The van der Waals surface area contributed by atoms with Crippen molar-refractivity contribution < 1.29 is 201 Å². The van der Waals surface area contributed by atoms with Crippen LogP contribution in [-0.4, -0.2) is 267 Å². The van der Waals surface area contributed by atoms with Gasteiger partial charge in [0.2, 0.25) is 10.0 Å². The molecule has 0 aliphatic carbocycles. The number of thiophene rings is 2. The molecule has 0 saturated heterocycles. The SMILES string of the molecule is CCCC(=O)O[C@@H](C)C(=O)O[C@@H](C)C(=O)O[C@@H](C)C(=O)O[C@@H](C)C(=O)O[C@@H](C)C(=O)O[C@@H](C)C(=O)O[C@@H](C)C(=O)O[C@@H](C)C(=O)NS(=O)(=O)c1cc2c(s1)S(=O)(=O)[C@@H](C)C[C@@H]2NCC.CCCC(=O)O[C@@H](C)C(=O)O[C@H](C)C(=O)O[C@H](C)C(=O)O[C@H](C)C(=O)O[C@H](C)C(=O)O[C@H](C)C(=O)O[C@H](C)C(=O)O[C@H](C)C(=O)O.CCN[C@H]1C[C@H](C)S(=O)(=O)c2sc(S(N)(=O)=O)cc21.